The van der Waals surface area contributed by atoms with Crippen molar-refractivity contribution < 1.29 is 10.0 Å². The van der Waals surface area contributed by atoms with Crippen LogP contribution < -0.4 is 0 Å². The Balaban J connectivity index is 1.90. The van der Waals surface area contributed by atoms with Crippen LogP contribution in [0.15, 0.2) is 29.4 Å². The normalized spacial score (nSPS) is 15.7. The van der Waals surface area contributed by atoms with Crippen LogP contribution in [0.3, 0.4) is 0 Å². The molecule has 1 aromatic carbocycles. The van der Waals surface area contributed by atoms with E-state index in [1.54, 1.807) is 9.58 Å². The minimum absolute atomic E-state index is 0.0567. The Bertz CT molecular complexity index is 680. The number of likely N-dealkylation sites (tertiary alicyclic amines) is 1. The summed E-state index contributed by atoms with van der Waals surface area (Å²) in [5.41, 5.74) is 2.19. The summed E-state index contributed by atoms with van der Waals surface area (Å²) in [5.74, 6) is -0.0567. The van der Waals surface area contributed by atoms with Crippen molar-refractivity contribution in [2.45, 2.75) is 12.8 Å². The Labute approximate surface area is 116 Å². The summed E-state index contributed by atoms with van der Waals surface area (Å²) in [6, 6.07) is 7.71. The third-order valence-corrected chi connectivity index (χ3v) is 3.73. The van der Waals surface area contributed by atoms with E-state index in [9.17, 15) is 4.79 Å². The maximum atomic E-state index is 12.6. The van der Waals surface area contributed by atoms with E-state index >= 15 is 0 Å². The second-order valence-corrected chi connectivity index (χ2v) is 4.95. The molecule has 0 atom stereocenters. The molecule has 6 nitrogen and oxygen atoms in total. The van der Waals surface area contributed by atoms with E-state index in [1.807, 2.05) is 31.3 Å². The molecule has 2 heterocycles. The Morgan fingerprint density at radius 1 is 1.30 bits per heavy atom. The number of nitrogens with zero attached hydrogens (tertiary/aromatic N) is 4. The van der Waals surface area contributed by atoms with E-state index in [0.717, 1.165) is 16.6 Å². The number of piperidine rings is 1. The number of aromatic nitrogens is 2. The van der Waals surface area contributed by atoms with Gasteiger partial charge in [0, 0.05) is 38.4 Å². The zero-order chi connectivity index (χ0) is 14.1. The molecule has 0 aliphatic carbocycles. The van der Waals surface area contributed by atoms with Gasteiger partial charge in [0.2, 0.25) is 0 Å². The number of benzene rings is 1. The van der Waals surface area contributed by atoms with Gasteiger partial charge in [0.1, 0.15) is 0 Å². The fourth-order valence-electron chi connectivity index (χ4n) is 2.59. The van der Waals surface area contributed by atoms with Gasteiger partial charge in [-0.15, -0.1) is 0 Å². The fourth-order valence-corrected chi connectivity index (χ4v) is 2.59. The highest BCUT2D eigenvalue weighted by Crippen LogP contribution is 2.20. The highest BCUT2D eigenvalue weighted by atomic mass is 16.4. The second-order valence-electron chi connectivity index (χ2n) is 4.95. The maximum absolute atomic E-state index is 12.6. The largest absolute Gasteiger partial charge is 0.411 e. The lowest BCUT2D eigenvalue weighted by Crippen LogP contribution is -2.39. The molecule has 0 spiro atoms. The highest BCUT2D eigenvalue weighted by Gasteiger charge is 2.25. The van der Waals surface area contributed by atoms with E-state index < -0.39 is 0 Å². The Kier molecular flexibility index (Phi) is 3.14. The molecule has 104 valence electrons. The Morgan fingerprint density at radius 2 is 2.00 bits per heavy atom. The van der Waals surface area contributed by atoms with Crippen molar-refractivity contribution in [2.24, 2.45) is 12.2 Å². The van der Waals surface area contributed by atoms with Gasteiger partial charge in [0.25, 0.3) is 5.91 Å². The molecule has 1 fully saturated rings. The molecule has 1 saturated heterocycles. The number of fused-ring (bicyclic) bond motifs is 1. The van der Waals surface area contributed by atoms with Crippen LogP contribution in [0, 0.1) is 0 Å². The molecule has 1 N–H and O–H groups in total. The van der Waals surface area contributed by atoms with Crippen molar-refractivity contribution in [3.63, 3.8) is 0 Å². The minimum atomic E-state index is -0.0567. The molecule has 6 heteroatoms. The van der Waals surface area contributed by atoms with Crippen molar-refractivity contribution in [3.8, 4) is 0 Å². The third kappa shape index (κ3) is 2.03. The van der Waals surface area contributed by atoms with Gasteiger partial charge in [0.15, 0.2) is 5.69 Å². The highest BCUT2D eigenvalue weighted by molar-refractivity contribution is 6.05. The fraction of sp³-hybridized carbons (Fsp3) is 0.357. The minimum Gasteiger partial charge on any atom is -0.411 e. The Morgan fingerprint density at radius 3 is 2.70 bits per heavy atom. The van der Waals surface area contributed by atoms with Crippen LogP contribution in [0.4, 0.5) is 0 Å². The molecular formula is C14H16N4O2. The standard InChI is InChI=1S/C14H16N4O2/c1-17-12-5-3-2-4-11(12)13(15-17)14(19)18-8-6-10(16-20)7-9-18/h2-5,20H,6-9H2,1H3. The van der Waals surface area contributed by atoms with Crippen molar-refractivity contribution in [1.29, 1.82) is 0 Å². The van der Waals surface area contributed by atoms with E-state index in [-0.39, 0.29) is 5.91 Å². The molecule has 1 aromatic heterocycles. The molecule has 0 bridgehead atoms. The molecule has 1 amide bonds. The topological polar surface area (TPSA) is 70.7 Å². The van der Waals surface area contributed by atoms with Crippen LogP contribution in [-0.4, -0.2) is 44.6 Å². The number of para-hydroxylation sites is 1. The molecule has 3 rings (SSSR count). The first-order valence-electron chi connectivity index (χ1n) is 6.61. The van der Waals surface area contributed by atoms with Gasteiger partial charge in [-0.1, -0.05) is 23.4 Å². The summed E-state index contributed by atoms with van der Waals surface area (Å²) in [6.45, 7) is 1.15. The lowest BCUT2D eigenvalue weighted by molar-refractivity contribution is 0.0749. The summed E-state index contributed by atoms with van der Waals surface area (Å²) >= 11 is 0. The second kappa shape index (κ2) is 4.96. The average molecular weight is 272 g/mol. The zero-order valence-electron chi connectivity index (χ0n) is 11.3. The SMILES string of the molecule is Cn1nc(C(=O)N2CCC(=NO)CC2)c2ccccc21. The zero-order valence-corrected chi connectivity index (χ0v) is 11.3. The van der Waals surface area contributed by atoms with Gasteiger partial charge >= 0.3 is 0 Å². The third-order valence-electron chi connectivity index (χ3n) is 3.73. The van der Waals surface area contributed by atoms with Crippen LogP contribution in [0.2, 0.25) is 0 Å². The first-order valence-corrected chi connectivity index (χ1v) is 6.61. The molecule has 1 aliphatic rings. The number of oxime groups is 1. The van der Waals surface area contributed by atoms with Gasteiger partial charge in [0.05, 0.1) is 11.2 Å². The molecule has 2 aromatic rings. The van der Waals surface area contributed by atoms with Crippen LogP contribution in [-0.2, 0) is 7.05 Å². The smallest absolute Gasteiger partial charge is 0.275 e. The number of rotatable bonds is 1. The van der Waals surface area contributed by atoms with E-state index in [1.165, 1.54) is 0 Å². The number of carbonyl (C=O) groups excluding carboxylic acids is 1. The monoisotopic (exact) mass is 272 g/mol. The molecule has 20 heavy (non-hydrogen) atoms. The first kappa shape index (κ1) is 12.7. The predicted molar refractivity (Wildman–Crippen MR) is 75.1 cm³/mol. The van der Waals surface area contributed by atoms with Gasteiger partial charge in [-0.25, -0.2) is 0 Å². The van der Waals surface area contributed by atoms with E-state index in [0.29, 0.717) is 31.6 Å². The summed E-state index contributed by atoms with van der Waals surface area (Å²) in [5, 5.41) is 17.2. The van der Waals surface area contributed by atoms with Crippen molar-refractivity contribution in [2.75, 3.05) is 13.1 Å². The lowest BCUT2D eigenvalue weighted by Gasteiger charge is -2.26. The van der Waals surface area contributed by atoms with Crippen LogP contribution in [0.25, 0.3) is 10.9 Å². The maximum Gasteiger partial charge on any atom is 0.275 e. The van der Waals surface area contributed by atoms with Gasteiger partial charge < -0.3 is 10.1 Å². The predicted octanol–water partition coefficient (Wildman–Crippen LogP) is 1.64. The number of hydrogen-bond donors (Lipinski definition) is 1. The number of hydrogen-bond acceptors (Lipinski definition) is 4. The quantitative estimate of drug-likeness (QED) is 0.633. The Hall–Kier alpha value is -2.37. The van der Waals surface area contributed by atoms with Crippen molar-refractivity contribution >= 4 is 22.5 Å². The van der Waals surface area contributed by atoms with Crippen molar-refractivity contribution in [1.82, 2.24) is 14.7 Å². The van der Waals surface area contributed by atoms with Crippen LogP contribution in [0.1, 0.15) is 23.3 Å². The number of amides is 1. The summed E-state index contributed by atoms with van der Waals surface area (Å²) in [6.07, 6.45) is 1.24. The molecule has 0 unspecified atom stereocenters. The first-order chi connectivity index (χ1) is 9.70. The van der Waals surface area contributed by atoms with Gasteiger partial charge in [-0.2, -0.15) is 5.10 Å². The van der Waals surface area contributed by atoms with E-state index in [2.05, 4.69) is 10.3 Å². The van der Waals surface area contributed by atoms with Crippen LogP contribution >= 0.6 is 0 Å². The average Bonchev–Trinajstić information content (AvgIpc) is 2.84. The lowest BCUT2D eigenvalue weighted by atomic mass is 10.1. The summed E-state index contributed by atoms with van der Waals surface area (Å²) < 4.78 is 1.73. The number of aryl methyl sites for hydroxylation is 1. The molecule has 1 aliphatic heterocycles. The van der Waals surface area contributed by atoms with Gasteiger partial charge in [-0.3, -0.25) is 9.48 Å². The van der Waals surface area contributed by atoms with Crippen LogP contribution in [0.5, 0.6) is 0 Å². The molecular weight excluding hydrogens is 256 g/mol. The van der Waals surface area contributed by atoms with Gasteiger partial charge in [-0.05, 0) is 6.07 Å². The van der Waals surface area contributed by atoms with Crippen molar-refractivity contribution in [3.05, 3.63) is 30.0 Å². The number of carbonyl (C=O) groups is 1. The summed E-state index contributed by atoms with van der Waals surface area (Å²) in [4.78, 5) is 14.3. The summed E-state index contributed by atoms with van der Waals surface area (Å²) in [7, 11) is 1.84. The molecule has 0 radical (unpaired) electrons. The van der Waals surface area contributed by atoms with E-state index in [4.69, 9.17) is 5.21 Å². The molecule has 0 saturated carbocycles.